The van der Waals surface area contributed by atoms with Crippen LogP contribution in [0, 0.1) is 13.8 Å². The lowest BCUT2D eigenvalue weighted by atomic mass is 9.96. The molecule has 1 nitrogen and oxygen atoms in total. The minimum absolute atomic E-state index is 0.325. The molecule has 0 aliphatic carbocycles. The quantitative estimate of drug-likeness (QED) is 0.664. The van der Waals surface area contributed by atoms with Gasteiger partial charge in [-0.1, -0.05) is 57.0 Å². The first-order chi connectivity index (χ1) is 9.99. The summed E-state index contributed by atoms with van der Waals surface area (Å²) < 4.78 is 2.21. The second kappa shape index (κ2) is 7.57. The minimum Gasteiger partial charge on any atom is -0.310 e. The number of hydrogen-bond acceptors (Lipinski definition) is 1. The summed E-state index contributed by atoms with van der Waals surface area (Å²) in [7, 11) is 0. The molecule has 0 saturated heterocycles. The fraction of sp³-hybridized carbons (Fsp3) is 0.333. The van der Waals surface area contributed by atoms with Crippen molar-refractivity contribution in [1.29, 1.82) is 0 Å². The zero-order chi connectivity index (χ0) is 15.4. The van der Waals surface area contributed by atoms with Crippen molar-refractivity contribution in [3.63, 3.8) is 0 Å². The third-order valence-electron chi connectivity index (χ3n) is 3.75. The number of hydrogen-bond donors (Lipinski definition) is 1. The summed E-state index contributed by atoms with van der Waals surface area (Å²) in [5.41, 5.74) is 5.39. The molecular weight excluding hydrogens is 390 g/mol. The Hall–Kier alpha value is -0.640. The van der Waals surface area contributed by atoms with Gasteiger partial charge >= 0.3 is 0 Å². The fourth-order valence-electron chi connectivity index (χ4n) is 2.50. The molecule has 0 amide bonds. The van der Waals surface area contributed by atoms with Crippen molar-refractivity contribution in [2.24, 2.45) is 0 Å². The largest absolute Gasteiger partial charge is 0.310 e. The molecule has 0 heterocycles. The average molecular weight is 411 g/mol. The van der Waals surface area contributed by atoms with Gasteiger partial charge in [0, 0.05) is 15.0 Å². The molecule has 112 valence electrons. The van der Waals surface area contributed by atoms with Crippen LogP contribution < -0.4 is 5.32 Å². The molecule has 0 fully saturated rings. The molecule has 0 saturated carbocycles. The Kier molecular flexibility index (Phi) is 6.03. The molecule has 1 atom stereocenters. The summed E-state index contributed by atoms with van der Waals surface area (Å²) in [6.45, 7) is 7.45. The molecular formula is C18H21Br2N. The van der Waals surface area contributed by atoms with Crippen LogP contribution >= 0.6 is 31.9 Å². The monoisotopic (exact) mass is 409 g/mol. The first kappa shape index (κ1) is 16.7. The highest BCUT2D eigenvalue weighted by Gasteiger charge is 2.13. The van der Waals surface area contributed by atoms with Gasteiger partial charge in [0.15, 0.2) is 0 Å². The Bertz CT molecular complexity index is 602. The van der Waals surface area contributed by atoms with Crippen LogP contribution in [0.25, 0.3) is 0 Å². The van der Waals surface area contributed by atoms with E-state index in [1.807, 2.05) is 0 Å². The van der Waals surface area contributed by atoms with Crippen molar-refractivity contribution in [2.75, 3.05) is 6.54 Å². The SMILES string of the molecule is CCNC(Cc1ccc(C)c(C)c1)c1cc(Br)cc(Br)c1. The van der Waals surface area contributed by atoms with Gasteiger partial charge < -0.3 is 5.32 Å². The van der Waals surface area contributed by atoms with Crippen LogP contribution in [-0.2, 0) is 6.42 Å². The van der Waals surface area contributed by atoms with Crippen molar-refractivity contribution in [3.8, 4) is 0 Å². The second-order valence-electron chi connectivity index (χ2n) is 5.44. The van der Waals surface area contributed by atoms with Crippen LogP contribution in [0.15, 0.2) is 45.3 Å². The first-order valence-electron chi connectivity index (χ1n) is 7.25. The van der Waals surface area contributed by atoms with E-state index in [2.05, 4.69) is 94.3 Å². The third-order valence-corrected chi connectivity index (χ3v) is 4.66. The first-order valence-corrected chi connectivity index (χ1v) is 8.83. The smallest absolute Gasteiger partial charge is 0.0361 e. The molecule has 3 heteroatoms. The molecule has 0 bridgehead atoms. The van der Waals surface area contributed by atoms with Crippen LogP contribution in [0.2, 0.25) is 0 Å². The van der Waals surface area contributed by atoms with E-state index >= 15 is 0 Å². The predicted molar refractivity (Wildman–Crippen MR) is 97.9 cm³/mol. The number of rotatable bonds is 5. The van der Waals surface area contributed by atoms with E-state index in [-0.39, 0.29) is 0 Å². The zero-order valence-electron chi connectivity index (χ0n) is 12.7. The molecule has 0 aliphatic rings. The van der Waals surface area contributed by atoms with E-state index < -0.39 is 0 Å². The minimum atomic E-state index is 0.325. The third kappa shape index (κ3) is 4.67. The Balaban J connectivity index is 2.27. The molecule has 0 aromatic heterocycles. The number of likely N-dealkylation sites (N-methyl/N-ethyl adjacent to an activating group) is 1. The average Bonchev–Trinajstić information content (AvgIpc) is 2.41. The van der Waals surface area contributed by atoms with Gasteiger partial charge in [-0.05, 0) is 67.3 Å². The van der Waals surface area contributed by atoms with Gasteiger partial charge in [0.1, 0.15) is 0 Å². The maximum Gasteiger partial charge on any atom is 0.0361 e. The van der Waals surface area contributed by atoms with Gasteiger partial charge in [-0.2, -0.15) is 0 Å². The number of aryl methyl sites for hydroxylation is 2. The number of halogens is 2. The van der Waals surface area contributed by atoms with Gasteiger partial charge in [0.25, 0.3) is 0 Å². The van der Waals surface area contributed by atoms with E-state index in [1.165, 1.54) is 22.3 Å². The molecule has 2 rings (SSSR count). The molecule has 0 spiro atoms. The summed E-state index contributed by atoms with van der Waals surface area (Å²) in [5, 5.41) is 3.59. The van der Waals surface area contributed by atoms with Gasteiger partial charge in [-0.3, -0.25) is 0 Å². The van der Waals surface area contributed by atoms with Crippen molar-refractivity contribution < 1.29 is 0 Å². The van der Waals surface area contributed by atoms with Crippen LogP contribution in [0.1, 0.15) is 35.2 Å². The zero-order valence-corrected chi connectivity index (χ0v) is 15.9. The fourth-order valence-corrected chi connectivity index (χ4v) is 3.83. The van der Waals surface area contributed by atoms with Crippen LogP contribution in [0.4, 0.5) is 0 Å². The van der Waals surface area contributed by atoms with Gasteiger partial charge in [0.2, 0.25) is 0 Å². The normalized spacial score (nSPS) is 12.4. The molecule has 0 aliphatic heterocycles. The van der Waals surface area contributed by atoms with Crippen molar-refractivity contribution in [1.82, 2.24) is 5.32 Å². The lowest BCUT2D eigenvalue weighted by Gasteiger charge is -2.20. The van der Waals surface area contributed by atoms with E-state index in [0.717, 1.165) is 21.9 Å². The van der Waals surface area contributed by atoms with Crippen molar-refractivity contribution in [2.45, 2.75) is 33.2 Å². The van der Waals surface area contributed by atoms with Gasteiger partial charge in [0.05, 0.1) is 0 Å². The highest BCUT2D eigenvalue weighted by Crippen LogP contribution is 2.26. The van der Waals surface area contributed by atoms with Gasteiger partial charge in [-0.15, -0.1) is 0 Å². The van der Waals surface area contributed by atoms with E-state index in [9.17, 15) is 0 Å². The van der Waals surface area contributed by atoms with Crippen LogP contribution in [-0.4, -0.2) is 6.54 Å². The molecule has 1 unspecified atom stereocenters. The highest BCUT2D eigenvalue weighted by atomic mass is 79.9. The molecule has 0 radical (unpaired) electrons. The summed E-state index contributed by atoms with van der Waals surface area (Å²) >= 11 is 7.16. The maximum atomic E-state index is 3.59. The molecule has 1 N–H and O–H groups in total. The highest BCUT2D eigenvalue weighted by molar-refractivity contribution is 9.11. The Morgan fingerprint density at radius 1 is 0.952 bits per heavy atom. The second-order valence-corrected chi connectivity index (χ2v) is 7.27. The summed E-state index contributed by atoms with van der Waals surface area (Å²) in [6.07, 6.45) is 0.998. The number of nitrogens with one attached hydrogen (secondary N) is 1. The van der Waals surface area contributed by atoms with Crippen LogP contribution in [0.5, 0.6) is 0 Å². The molecule has 2 aromatic carbocycles. The lowest BCUT2D eigenvalue weighted by Crippen LogP contribution is -2.23. The summed E-state index contributed by atoms with van der Waals surface area (Å²) in [6, 6.07) is 13.5. The maximum absolute atomic E-state index is 3.59. The number of benzene rings is 2. The van der Waals surface area contributed by atoms with Crippen molar-refractivity contribution >= 4 is 31.9 Å². The Morgan fingerprint density at radius 2 is 1.62 bits per heavy atom. The topological polar surface area (TPSA) is 12.0 Å². The van der Waals surface area contributed by atoms with Gasteiger partial charge in [-0.25, -0.2) is 0 Å². The van der Waals surface area contributed by atoms with Crippen molar-refractivity contribution in [3.05, 3.63) is 67.6 Å². The van der Waals surface area contributed by atoms with E-state index in [1.54, 1.807) is 0 Å². The van der Waals surface area contributed by atoms with Crippen LogP contribution in [0.3, 0.4) is 0 Å². The Labute approximate surface area is 144 Å². The Morgan fingerprint density at radius 3 is 2.19 bits per heavy atom. The predicted octanol–water partition coefficient (Wildman–Crippen LogP) is 5.72. The lowest BCUT2D eigenvalue weighted by molar-refractivity contribution is 0.549. The summed E-state index contributed by atoms with van der Waals surface area (Å²) in [5.74, 6) is 0. The standard InChI is InChI=1S/C18H21Br2N/c1-4-21-18(15-9-16(19)11-17(20)10-15)8-14-6-5-12(2)13(3)7-14/h5-7,9-11,18,21H,4,8H2,1-3H3. The molecule has 2 aromatic rings. The summed E-state index contributed by atoms with van der Waals surface area (Å²) in [4.78, 5) is 0. The molecule has 21 heavy (non-hydrogen) atoms. The van der Waals surface area contributed by atoms with E-state index in [4.69, 9.17) is 0 Å². The van der Waals surface area contributed by atoms with E-state index in [0.29, 0.717) is 6.04 Å².